The molecule has 2 unspecified atom stereocenters. The number of pyridine rings is 1. The fourth-order valence-electron chi connectivity index (χ4n) is 1.65. The summed E-state index contributed by atoms with van der Waals surface area (Å²) in [6.45, 7) is 0.103. The summed E-state index contributed by atoms with van der Waals surface area (Å²) in [4.78, 5) is 16.9. The third-order valence-corrected chi connectivity index (χ3v) is 2.54. The van der Waals surface area contributed by atoms with Crippen LogP contribution in [0.3, 0.4) is 0 Å². The summed E-state index contributed by atoms with van der Waals surface area (Å²) in [5, 5.41) is 28.1. The molecule has 2 heterocycles. The van der Waals surface area contributed by atoms with Gasteiger partial charge in [-0.2, -0.15) is 0 Å². The Bertz CT molecular complexity index is 400. The molecule has 6 heteroatoms. The van der Waals surface area contributed by atoms with Crippen LogP contribution in [0.25, 0.3) is 0 Å². The Morgan fingerprint density at radius 3 is 2.56 bits per heavy atom. The van der Waals surface area contributed by atoms with Crippen molar-refractivity contribution in [1.82, 2.24) is 9.88 Å². The molecule has 1 aromatic rings. The van der Waals surface area contributed by atoms with E-state index in [4.69, 9.17) is 0 Å². The lowest BCUT2D eigenvalue weighted by atomic mass is 10.3. The number of hydrogen-bond acceptors (Lipinski definition) is 5. The van der Waals surface area contributed by atoms with Crippen LogP contribution in [0.15, 0.2) is 18.3 Å². The molecule has 0 radical (unpaired) electrons. The number of β-amino-alcohol motifs (C(OH)–C–C–N with tert-alkyl or cyclic N) is 2. The fourth-order valence-corrected chi connectivity index (χ4v) is 1.65. The number of aromatic hydroxyl groups is 1. The highest BCUT2D eigenvalue weighted by atomic mass is 16.3. The third-order valence-electron chi connectivity index (χ3n) is 2.54. The van der Waals surface area contributed by atoms with E-state index in [0.717, 1.165) is 0 Å². The van der Waals surface area contributed by atoms with Crippen molar-refractivity contribution in [2.24, 2.45) is 0 Å². The number of aromatic nitrogens is 1. The number of aliphatic hydroxyl groups is 2. The standard InChI is InChI=1S/C10H12N2O4/c13-6-2-1-3-11-9(6)10(16)12-4-7(14)8(15)5-12/h1-3,7-8,13-15H,4-5H2. The number of nitrogens with zero attached hydrogens (tertiary/aromatic N) is 2. The molecule has 1 saturated heterocycles. The van der Waals surface area contributed by atoms with Crippen LogP contribution >= 0.6 is 0 Å². The molecule has 0 spiro atoms. The van der Waals surface area contributed by atoms with Gasteiger partial charge in [0.05, 0.1) is 12.2 Å². The first-order valence-electron chi connectivity index (χ1n) is 4.89. The second kappa shape index (κ2) is 4.07. The molecule has 1 aromatic heterocycles. The Morgan fingerprint density at radius 2 is 2.00 bits per heavy atom. The number of likely N-dealkylation sites (tertiary alicyclic amines) is 1. The molecule has 1 amide bonds. The van der Waals surface area contributed by atoms with Crippen LogP contribution in [0.2, 0.25) is 0 Å². The number of amides is 1. The molecule has 0 aromatic carbocycles. The normalized spacial score (nSPS) is 24.8. The average molecular weight is 224 g/mol. The Morgan fingerprint density at radius 1 is 1.38 bits per heavy atom. The second-order valence-corrected chi connectivity index (χ2v) is 3.72. The van der Waals surface area contributed by atoms with E-state index in [2.05, 4.69) is 4.98 Å². The zero-order chi connectivity index (χ0) is 11.7. The van der Waals surface area contributed by atoms with Gasteiger partial charge < -0.3 is 20.2 Å². The van der Waals surface area contributed by atoms with Gasteiger partial charge >= 0.3 is 0 Å². The maximum Gasteiger partial charge on any atom is 0.276 e. The summed E-state index contributed by atoms with van der Waals surface area (Å²) in [6, 6.07) is 2.88. The van der Waals surface area contributed by atoms with Crippen LogP contribution in [0.4, 0.5) is 0 Å². The molecule has 0 aliphatic carbocycles. The summed E-state index contributed by atoms with van der Waals surface area (Å²) in [5.74, 6) is -0.697. The van der Waals surface area contributed by atoms with Gasteiger partial charge in [0.25, 0.3) is 5.91 Å². The maximum atomic E-state index is 11.8. The van der Waals surface area contributed by atoms with Crippen LogP contribution in [0, 0.1) is 0 Å². The highest BCUT2D eigenvalue weighted by molar-refractivity contribution is 5.95. The second-order valence-electron chi connectivity index (χ2n) is 3.72. The van der Waals surface area contributed by atoms with E-state index in [0.29, 0.717) is 0 Å². The van der Waals surface area contributed by atoms with Crippen LogP contribution < -0.4 is 0 Å². The lowest BCUT2D eigenvalue weighted by molar-refractivity contribution is 0.0572. The Labute approximate surface area is 91.8 Å². The monoisotopic (exact) mass is 224 g/mol. The van der Waals surface area contributed by atoms with Gasteiger partial charge in [0.15, 0.2) is 5.69 Å². The van der Waals surface area contributed by atoms with Gasteiger partial charge in [0.2, 0.25) is 0 Å². The molecule has 0 bridgehead atoms. The largest absolute Gasteiger partial charge is 0.505 e. The fraction of sp³-hybridized carbons (Fsp3) is 0.400. The Hall–Kier alpha value is -1.66. The number of hydrogen-bond donors (Lipinski definition) is 3. The first-order valence-corrected chi connectivity index (χ1v) is 4.89. The minimum absolute atomic E-state index is 0.0516. The van der Waals surface area contributed by atoms with Gasteiger partial charge in [-0.15, -0.1) is 0 Å². The molecule has 1 aliphatic heterocycles. The molecule has 1 aliphatic rings. The highest BCUT2D eigenvalue weighted by Gasteiger charge is 2.34. The zero-order valence-electron chi connectivity index (χ0n) is 8.45. The van der Waals surface area contributed by atoms with E-state index in [1.165, 1.54) is 23.2 Å². The van der Waals surface area contributed by atoms with Crippen molar-refractivity contribution in [1.29, 1.82) is 0 Å². The molecule has 2 atom stereocenters. The van der Waals surface area contributed by atoms with Crippen molar-refractivity contribution >= 4 is 5.91 Å². The van der Waals surface area contributed by atoms with Gasteiger partial charge in [0.1, 0.15) is 5.75 Å². The number of carbonyl (C=O) groups excluding carboxylic acids is 1. The lowest BCUT2D eigenvalue weighted by Crippen LogP contribution is -2.30. The first kappa shape index (κ1) is 10.8. The van der Waals surface area contributed by atoms with Gasteiger partial charge in [-0.1, -0.05) is 0 Å². The molecule has 0 saturated carbocycles. The number of aliphatic hydroxyl groups excluding tert-OH is 2. The first-order chi connectivity index (χ1) is 7.59. The summed E-state index contributed by atoms with van der Waals surface area (Å²) < 4.78 is 0. The van der Waals surface area contributed by atoms with Crippen LogP contribution in [-0.2, 0) is 0 Å². The lowest BCUT2D eigenvalue weighted by Gasteiger charge is -2.14. The van der Waals surface area contributed by atoms with Crippen LogP contribution in [-0.4, -0.2) is 56.4 Å². The summed E-state index contributed by atoms with van der Waals surface area (Å²) in [6.07, 6.45) is -0.472. The Balaban J connectivity index is 2.18. The predicted octanol–water partition coefficient (Wildman–Crippen LogP) is -1.04. The summed E-state index contributed by atoms with van der Waals surface area (Å²) in [5.41, 5.74) is -0.0659. The molecule has 86 valence electrons. The Kier molecular flexibility index (Phi) is 2.76. The van der Waals surface area contributed by atoms with Crippen molar-refractivity contribution in [2.75, 3.05) is 13.1 Å². The van der Waals surface area contributed by atoms with Crippen molar-refractivity contribution in [3.05, 3.63) is 24.0 Å². The zero-order valence-corrected chi connectivity index (χ0v) is 8.45. The van der Waals surface area contributed by atoms with Crippen molar-refractivity contribution in [2.45, 2.75) is 12.2 Å². The van der Waals surface area contributed by atoms with Gasteiger partial charge in [-0.3, -0.25) is 4.79 Å². The molecule has 2 rings (SSSR count). The number of carbonyl (C=O) groups is 1. The number of rotatable bonds is 1. The molecule has 6 nitrogen and oxygen atoms in total. The smallest absolute Gasteiger partial charge is 0.276 e. The van der Waals surface area contributed by atoms with Crippen molar-refractivity contribution in [3.63, 3.8) is 0 Å². The van der Waals surface area contributed by atoms with Crippen molar-refractivity contribution < 1.29 is 20.1 Å². The minimum Gasteiger partial charge on any atom is -0.505 e. The van der Waals surface area contributed by atoms with E-state index >= 15 is 0 Å². The minimum atomic E-state index is -0.935. The summed E-state index contributed by atoms with van der Waals surface area (Å²) in [7, 11) is 0. The highest BCUT2D eigenvalue weighted by Crippen LogP contribution is 2.18. The maximum absolute atomic E-state index is 11.8. The van der Waals surface area contributed by atoms with Crippen molar-refractivity contribution in [3.8, 4) is 5.75 Å². The van der Waals surface area contributed by atoms with E-state index < -0.39 is 18.1 Å². The van der Waals surface area contributed by atoms with E-state index in [9.17, 15) is 20.1 Å². The van der Waals surface area contributed by atoms with Crippen LogP contribution in [0.5, 0.6) is 5.75 Å². The molecule has 16 heavy (non-hydrogen) atoms. The molecular formula is C10H12N2O4. The molecule has 3 N–H and O–H groups in total. The molecule has 1 fully saturated rings. The van der Waals surface area contributed by atoms with E-state index in [-0.39, 0.29) is 24.5 Å². The average Bonchev–Trinajstić information content (AvgIpc) is 2.59. The molecular weight excluding hydrogens is 212 g/mol. The third kappa shape index (κ3) is 1.84. The SMILES string of the molecule is O=C(c1ncccc1O)N1CC(O)C(O)C1. The predicted molar refractivity (Wildman–Crippen MR) is 53.8 cm³/mol. The van der Waals surface area contributed by atoms with Crippen LogP contribution in [0.1, 0.15) is 10.5 Å². The van der Waals surface area contributed by atoms with Gasteiger partial charge in [-0.05, 0) is 12.1 Å². The van der Waals surface area contributed by atoms with Gasteiger partial charge in [-0.25, -0.2) is 4.98 Å². The van der Waals surface area contributed by atoms with Gasteiger partial charge in [0, 0.05) is 19.3 Å². The van der Waals surface area contributed by atoms with E-state index in [1.54, 1.807) is 0 Å². The quantitative estimate of drug-likeness (QED) is 0.566. The summed E-state index contributed by atoms with van der Waals surface area (Å²) >= 11 is 0. The van der Waals surface area contributed by atoms with E-state index in [1.807, 2.05) is 0 Å². The topological polar surface area (TPSA) is 93.9 Å².